The van der Waals surface area contributed by atoms with Crippen molar-refractivity contribution < 1.29 is 14.3 Å². The Balaban J connectivity index is 3.88. The summed E-state index contributed by atoms with van der Waals surface area (Å²) in [6.45, 7) is 5.33. The molecule has 0 radical (unpaired) electrons. The Hall–Kier alpha value is -1.10. The summed E-state index contributed by atoms with van der Waals surface area (Å²) >= 11 is 0. The summed E-state index contributed by atoms with van der Waals surface area (Å²) in [6, 6.07) is -0.454. The average Bonchev–Trinajstić information content (AvgIpc) is 2.02. The smallest absolute Gasteiger partial charge is 0.246 e. The molecular formula is C9H18N2O3. The Bertz CT molecular complexity index is 204. The number of carbonyl (C=O) groups is 2. The van der Waals surface area contributed by atoms with E-state index in [0.29, 0.717) is 0 Å². The predicted molar refractivity (Wildman–Crippen MR) is 52.8 cm³/mol. The van der Waals surface area contributed by atoms with Crippen molar-refractivity contribution in [2.45, 2.75) is 32.9 Å². The molecule has 0 aromatic carbocycles. The average molecular weight is 202 g/mol. The first kappa shape index (κ1) is 12.9. The van der Waals surface area contributed by atoms with Crippen LogP contribution in [0.5, 0.6) is 0 Å². The number of carbonyl (C=O) groups excluding carboxylic acids is 2. The molecule has 2 N–H and O–H groups in total. The van der Waals surface area contributed by atoms with E-state index in [0.717, 1.165) is 0 Å². The van der Waals surface area contributed by atoms with E-state index in [2.05, 4.69) is 15.4 Å². The topological polar surface area (TPSA) is 67.4 Å². The summed E-state index contributed by atoms with van der Waals surface area (Å²) in [5.74, 6) is -0.483. The van der Waals surface area contributed by atoms with Crippen LogP contribution in [0.4, 0.5) is 0 Å². The molecule has 0 saturated heterocycles. The van der Waals surface area contributed by atoms with Crippen LogP contribution in [0.2, 0.25) is 0 Å². The van der Waals surface area contributed by atoms with Crippen LogP contribution in [0, 0.1) is 0 Å². The van der Waals surface area contributed by atoms with Crippen LogP contribution in [0.3, 0.4) is 0 Å². The van der Waals surface area contributed by atoms with Gasteiger partial charge in [0.2, 0.25) is 11.8 Å². The third-order valence-corrected chi connectivity index (χ3v) is 1.48. The van der Waals surface area contributed by atoms with Gasteiger partial charge >= 0.3 is 0 Å². The van der Waals surface area contributed by atoms with Crippen molar-refractivity contribution in [1.82, 2.24) is 10.6 Å². The van der Waals surface area contributed by atoms with E-state index in [9.17, 15) is 9.59 Å². The van der Waals surface area contributed by atoms with Crippen LogP contribution in [0.1, 0.15) is 20.8 Å². The lowest BCUT2D eigenvalue weighted by molar-refractivity contribution is -0.130. The van der Waals surface area contributed by atoms with Gasteiger partial charge in [0.15, 0.2) is 0 Å². The van der Waals surface area contributed by atoms with Crippen molar-refractivity contribution in [3.05, 3.63) is 0 Å². The summed E-state index contributed by atoms with van der Waals surface area (Å²) in [6.07, 6.45) is 0. The van der Waals surface area contributed by atoms with Gasteiger partial charge in [-0.05, 0) is 20.8 Å². The minimum absolute atomic E-state index is 0.0285. The predicted octanol–water partition coefficient (Wildman–Crippen LogP) is -0.338. The van der Waals surface area contributed by atoms with E-state index in [-0.39, 0.29) is 24.5 Å². The molecule has 5 nitrogen and oxygen atoms in total. The fourth-order valence-corrected chi connectivity index (χ4v) is 0.889. The molecule has 0 aliphatic rings. The van der Waals surface area contributed by atoms with Crippen molar-refractivity contribution in [1.29, 1.82) is 0 Å². The van der Waals surface area contributed by atoms with Crippen LogP contribution in [-0.4, -0.2) is 37.6 Å². The van der Waals surface area contributed by atoms with Gasteiger partial charge in [0, 0.05) is 13.2 Å². The molecule has 0 spiro atoms. The highest BCUT2D eigenvalue weighted by atomic mass is 16.5. The van der Waals surface area contributed by atoms with Gasteiger partial charge in [0.25, 0.3) is 0 Å². The molecule has 0 saturated carbocycles. The zero-order valence-electron chi connectivity index (χ0n) is 9.09. The molecule has 0 aromatic rings. The molecule has 0 aliphatic carbocycles. The number of amides is 2. The largest absolute Gasteiger partial charge is 0.375 e. The van der Waals surface area contributed by atoms with Gasteiger partial charge in [-0.25, -0.2) is 0 Å². The van der Waals surface area contributed by atoms with Crippen LogP contribution in [0.15, 0.2) is 0 Å². The van der Waals surface area contributed by atoms with Crippen molar-refractivity contribution in [3.63, 3.8) is 0 Å². The highest BCUT2D eigenvalue weighted by molar-refractivity contribution is 5.87. The molecule has 0 aromatic heterocycles. The third kappa shape index (κ3) is 5.53. The minimum atomic E-state index is -0.528. The molecule has 14 heavy (non-hydrogen) atoms. The Morgan fingerprint density at radius 1 is 1.21 bits per heavy atom. The Labute approximate surface area is 84.2 Å². The molecule has 2 amide bonds. The first-order valence-corrected chi connectivity index (χ1v) is 4.56. The first-order chi connectivity index (χ1) is 6.47. The quantitative estimate of drug-likeness (QED) is 0.641. The van der Waals surface area contributed by atoms with Gasteiger partial charge in [-0.2, -0.15) is 0 Å². The maximum absolute atomic E-state index is 11.3. The molecule has 0 fully saturated rings. The van der Waals surface area contributed by atoms with Gasteiger partial charge < -0.3 is 15.4 Å². The summed E-state index contributed by atoms with van der Waals surface area (Å²) in [5.41, 5.74) is 0. The first-order valence-electron chi connectivity index (χ1n) is 4.56. The lowest BCUT2D eigenvalue weighted by Gasteiger charge is -2.15. The third-order valence-electron chi connectivity index (χ3n) is 1.48. The highest BCUT2D eigenvalue weighted by Gasteiger charge is 2.15. The summed E-state index contributed by atoms with van der Waals surface area (Å²) in [5, 5.41) is 5.21. The fraction of sp³-hybridized carbons (Fsp3) is 0.778. The van der Waals surface area contributed by atoms with E-state index < -0.39 is 6.04 Å². The number of methoxy groups -OCH3 is 1. The number of hydrogen-bond acceptors (Lipinski definition) is 3. The van der Waals surface area contributed by atoms with E-state index in [1.807, 2.05) is 13.8 Å². The maximum Gasteiger partial charge on any atom is 0.246 e. The van der Waals surface area contributed by atoms with E-state index in [1.165, 1.54) is 7.11 Å². The SMILES string of the molecule is COCC(=O)NC(C)C(=O)NC(C)C. The molecule has 0 aliphatic heterocycles. The molecule has 1 atom stereocenters. The fourth-order valence-electron chi connectivity index (χ4n) is 0.889. The van der Waals surface area contributed by atoms with Crippen LogP contribution >= 0.6 is 0 Å². The molecule has 0 bridgehead atoms. The second kappa shape index (κ2) is 6.37. The van der Waals surface area contributed by atoms with Gasteiger partial charge in [-0.3, -0.25) is 9.59 Å². The van der Waals surface area contributed by atoms with Crippen molar-refractivity contribution >= 4 is 11.8 Å². The molecule has 0 rings (SSSR count). The Morgan fingerprint density at radius 2 is 1.79 bits per heavy atom. The highest BCUT2D eigenvalue weighted by Crippen LogP contribution is 1.85. The van der Waals surface area contributed by atoms with Crippen molar-refractivity contribution in [2.75, 3.05) is 13.7 Å². The Morgan fingerprint density at radius 3 is 2.21 bits per heavy atom. The zero-order chi connectivity index (χ0) is 11.1. The number of nitrogens with one attached hydrogen (secondary N) is 2. The van der Waals surface area contributed by atoms with Gasteiger partial charge in [-0.1, -0.05) is 0 Å². The standard InChI is InChI=1S/C9H18N2O3/c1-6(2)10-9(13)7(3)11-8(12)5-14-4/h6-7H,5H2,1-4H3,(H,10,13)(H,11,12). The molecular weight excluding hydrogens is 184 g/mol. The molecule has 5 heteroatoms. The van der Waals surface area contributed by atoms with Crippen LogP contribution in [-0.2, 0) is 14.3 Å². The monoisotopic (exact) mass is 202 g/mol. The van der Waals surface area contributed by atoms with Gasteiger partial charge in [0.1, 0.15) is 12.6 Å². The second-order valence-electron chi connectivity index (χ2n) is 3.39. The second-order valence-corrected chi connectivity index (χ2v) is 3.39. The van der Waals surface area contributed by atoms with Crippen LogP contribution < -0.4 is 10.6 Å². The summed E-state index contributed by atoms with van der Waals surface area (Å²) < 4.78 is 4.62. The number of rotatable bonds is 5. The van der Waals surface area contributed by atoms with Crippen LogP contribution in [0.25, 0.3) is 0 Å². The van der Waals surface area contributed by atoms with Crippen molar-refractivity contribution in [3.8, 4) is 0 Å². The molecule has 1 unspecified atom stereocenters. The van der Waals surface area contributed by atoms with Crippen molar-refractivity contribution in [2.24, 2.45) is 0 Å². The zero-order valence-corrected chi connectivity index (χ0v) is 9.09. The van der Waals surface area contributed by atoms with Gasteiger partial charge in [-0.15, -0.1) is 0 Å². The molecule has 0 heterocycles. The summed E-state index contributed by atoms with van der Waals surface area (Å²) in [4.78, 5) is 22.4. The van der Waals surface area contributed by atoms with E-state index in [4.69, 9.17) is 0 Å². The lowest BCUT2D eigenvalue weighted by atomic mass is 10.3. The number of ether oxygens (including phenoxy) is 1. The molecule has 82 valence electrons. The van der Waals surface area contributed by atoms with Gasteiger partial charge in [0.05, 0.1) is 0 Å². The number of hydrogen-bond donors (Lipinski definition) is 2. The lowest BCUT2D eigenvalue weighted by Crippen LogP contribution is -2.47. The normalized spacial score (nSPS) is 12.4. The van der Waals surface area contributed by atoms with E-state index >= 15 is 0 Å². The summed E-state index contributed by atoms with van der Waals surface area (Å²) in [7, 11) is 1.43. The Kier molecular flexibility index (Phi) is 5.87. The maximum atomic E-state index is 11.3. The minimum Gasteiger partial charge on any atom is -0.375 e. The van der Waals surface area contributed by atoms with E-state index in [1.54, 1.807) is 6.92 Å².